The number of nitrogens with zero attached hydrogens (tertiary/aromatic N) is 3. The predicted molar refractivity (Wildman–Crippen MR) is 94.4 cm³/mol. The molecule has 118 valence electrons. The first-order valence-electron chi connectivity index (χ1n) is 7.39. The highest BCUT2D eigenvalue weighted by Crippen LogP contribution is 2.22. The van der Waals surface area contributed by atoms with Gasteiger partial charge in [0.15, 0.2) is 0 Å². The number of hydrogen-bond acceptors (Lipinski definition) is 3. The maximum atomic E-state index is 12.9. The Hall–Kier alpha value is -2.40. The Morgan fingerprint density at radius 3 is 2.48 bits per heavy atom. The smallest absolute Gasteiger partial charge is 0.203 e. The van der Waals surface area contributed by atoms with Crippen LogP contribution in [-0.4, -0.2) is 27.9 Å². The van der Waals surface area contributed by atoms with Gasteiger partial charge in [-0.3, -0.25) is 8.78 Å². The molecule has 1 aromatic heterocycles. The van der Waals surface area contributed by atoms with Crippen molar-refractivity contribution in [1.29, 1.82) is 0 Å². The van der Waals surface area contributed by atoms with Gasteiger partial charge in [-0.25, -0.2) is 4.98 Å². The van der Waals surface area contributed by atoms with E-state index in [0.717, 1.165) is 16.9 Å². The van der Waals surface area contributed by atoms with Crippen LogP contribution in [0.4, 0.5) is 5.69 Å². The molecule has 4 nitrogen and oxygen atoms in total. The summed E-state index contributed by atoms with van der Waals surface area (Å²) in [6, 6.07) is 17.9. The molecule has 0 saturated carbocycles. The van der Waals surface area contributed by atoms with E-state index in [9.17, 15) is 4.21 Å². The summed E-state index contributed by atoms with van der Waals surface area (Å²) in [5, 5.41) is 0.574. The number of aromatic nitrogens is 2. The Balaban J connectivity index is 1.90. The molecule has 1 atom stereocenters. The van der Waals surface area contributed by atoms with Crippen LogP contribution in [0.2, 0.25) is 0 Å². The summed E-state index contributed by atoms with van der Waals surface area (Å²) >= 11 is 0. The third kappa shape index (κ3) is 3.35. The number of hydrogen-bond donors (Lipinski definition) is 0. The first-order chi connectivity index (χ1) is 11.2. The zero-order valence-corrected chi connectivity index (χ0v) is 14.0. The van der Waals surface area contributed by atoms with Gasteiger partial charge in [0, 0.05) is 37.9 Å². The monoisotopic (exact) mass is 325 g/mol. The maximum Gasteiger partial charge on any atom is 0.203 e. The average Bonchev–Trinajstić information content (AvgIpc) is 3.05. The molecular formula is C18H19N3OS. The third-order valence-electron chi connectivity index (χ3n) is 3.60. The second kappa shape index (κ2) is 6.79. The average molecular weight is 325 g/mol. The van der Waals surface area contributed by atoms with Crippen LogP contribution in [0.5, 0.6) is 0 Å². The fraction of sp³-hybridized carbons (Fsp3) is 0.167. The van der Waals surface area contributed by atoms with Gasteiger partial charge < -0.3 is 4.90 Å². The van der Waals surface area contributed by atoms with Crippen LogP contribution >= 0.6 is 0 Å². The number of anilines is 1. The first kappa shape index (κ1) is 15.5. The predicted octanol–water partition coefficient (Wildman–Crippen LogP) is 3.25. The molecule has 0 N–H and O–H groups in total. The topological polar surface area (TPSA) is 38.1 Å². The summed E-state index contributed by atoms with van der Waals surface area (Å²) in [5.41, 5.74) is 3.10. The van der Waals surface area contributed by atoms with E-state index in [0.29, 0.717) is 10.9 Å². The third-order valence-corrected chi connectivity index (χ3v) is 4.89. The van der Waals surface area contributed by atoms with E-state index in [4.69, 9.17) is 0 Å². The lowest BCUT2D eigenvalue weighted by molar-refractivity contribution is 0.672. The Kier molecular flexibility index (Phi) is 4.57. The number of rotatable bonds is 5. The molecule has 0 saturated heterocycles. The summed E-state index contributed by atoms with van der Waals surface area (Å²) in [4.78, 5) is 6.35. The molecular weight excluding hydrogens is 306 g/mol. The summed E-state index contributed by atoms with van der Waals surface area (Å²) in [6.45, 7) is 0. The molecule has 1 heterocycles. The van der Waals surface area contributed by atoms with Gasteiger partial charge in [0.1, 0.15) is 0 Å². The van der Waals surface area contributed by atoms with Crippen LogP contribution in [0.15, 0.2) is 72.1 Å². The lowest BCUT2D eigenvalue weighted by Gasteiger charge is -2.17. The molecule has 0 aliphatic heterocycles. The number of imidazole rings is 1. The Bertz CT molecular complexity index is 812. The van der Waals surface area contributed by atoms with Gasteiger partial charge in [0.2, 0.25) is 5.16 Å². The van der Waals surface area contributed by atoms with Crippen molar-refractivity contribution in [3.8, 4) is 5.69 Å². The van der Waals surface area contributed by atoms with Crippen molar-refractivity contribution in [1.82, 2.24) is 9.55 Å². The molecule has 0 bridgehead atoms. The largest absolute Gasteiger partial charge is 0.377 e. The number of para-hydroxylation sites is 2. The van der Waals surface area contributed by atoms with E-state index >= 15 is 0 Å². The summed E-state index contributed by atoms with van der Waals surface area (Å²) < 4.78 is 14.7. The molecule has 2 aromatic carbocycles. The van der Waals surface area contributed by atoms with E-state index in [1.54, 1.807) is 6.20 Å². The van der Waals surface area contributed by atoms with E-state index < -0.39 is 10.8 Å². The molecule has 3 rings (SSSR count). The van der Waals surface area contributed by atoms with Gasteiger partial charge >= 0.3 is 0 Å². The zero-order valence-electron chi connectivity index (χ0n) is 13.2. The Labute approximate surface area is 138 Å². The second-order valence-corrected chi connectivity index (χ2v) is 6.77. The standard InChI is InChI=1S/C18H19N3OS/c1-20(2)17-11-7-6-8-15(17)14-23(22)18-19-12-13-21(18)16-9-4-3-5-10-16/h3-13H,14H2,1-2H3. The minimum absolute atomic E-state index is 0.443. The lowest BCUT2D eigenvalue weighted by atomic mass is 10.2. The molecule has 0 aliphatic carbocycles. The highest BCUT2D eigenvalue weighted by Gasteiger charge is 2.15. The van der Waals surface area contributed by atoms with Crippen LogP contribution in [0.25, 0.3) is 5.69 Å². The minimum Gasteiger partial charge on any atom is -0.377 e. The van der Waals surface area contributed by atoms with Crippen LogP contribution in [0.1, 0.15) is 5.56 Å². The molecule has 0 aliphatic rings. The maximum absolute atomic E-state index is 12.9. The Morgan fingerprint density at radius 1 is 1.04 bits per heavy atom. The van der Waals surface area contributed by atoms with Gasteiger partial charge in [0.25, 0.3) is 0 Å². The second-order valence-electron chi connectivity index (χ2n) is 5.43. The van der Waals surface area contributed by atoms with Gasteiger partial charge in [-0.1, -0.05) is 36.4 Å². The van der Waals surface area contributed by atoms with Crippen molar-refractivity contribution in [2.24, 2.45) is 0 Å². The van der Waals surface area contributed by atoms with Crippen molar-refractivity contribution in [2.45, 2.75) is 10.9 Å². The molecule has 0 radical (unpaired) electrons. The van der Waals surface area contributed by atoms with Crippen molar-refractivity contribution < 1.29 is 4.21 Å². The highest BCUT2D eigenvalue weighted by atomic mass is 32.2. The Morgan fingerprint density at radius 2 is 1.74 bits per heavy atom. The lowest BCUT2D eigenvalue weighted by Crippen LogP contribution is -2.13. The van der Waals surface area contributed by atoms with Crippen LogP contribution in [0.3, 0.4) is 0 Å². The quantitative estimate of drug-likeness (QED) is 0.723. The summed E-state index contributed by atoms with van der Waals surface area (Å²) in [7, 11) is 2.77. The van der Waals surface area contributed by atoms with Crippen molar-refractivity contribution in [3.05, 3.63) is 72.6 Å². The van der Waals surface area contributed by atoms with Crippen molar-refractivity contribution in [3.63, 3.8) is 0 Å². The number of benzene rings is 2. The van der Waals surface area contributed by atoms with Crippen LogP contribution < -0.4 is 4.90 Å². The molecule has 0 amide bonds. The fourth-order valence-corrected chi connectivity index (χ4v) is 3.74. The van der Waals surface area contributed by atoms with E-state index in [1.165, 1.54) is 0 Å². The van der Waals surface area contributed by atoms with Crippen molar-refractivity contribution in [2.75, 3.05) is 19.0 Å². The molecule has 0 spiro atoms. The normalized spacial score (nSPS) is 12.1. The SMILES string of the molecule is CN(C)c1ccccc1CS(=O)c1nccn1-c1ccccc1. The van der Waals surface area contributed by atoms with Gasteiger partial charge in [-0.15, -0.1) is 0 Å². The van der Waals surface area contributed by atoms with E-state index in [2.05, 4.69) is 4.98 Å². The van der Waals surface area contributed by atoms with Gasteiger partial charge in [-0.2, -0.15) is 0 Å². The van der Waals surface area contributed by atoms with E-state index in [1.807, 2.05) is 84.4 Å². The first-order valence-corrected chi connectivity index (χ1v) is 8.71. The fourth-order valence-electron chi connectivity index (χ4n) is 2.52. The van der Waals surface area contributed by atoms with Crippen LogP contribution in [0, 0.1) is 0 Å². The van der Waals surface area contributed by atoms with Crippen LogP contribution in [-0.2, 0) is 16.6 Å². The van der Waals surface area contributed by atoms with Crippen molar-refractivity contribution >= 4 is 16.5 Å². The van der Waals surface area contributed by atoms with Gasteiger partial charge in [0.05, 0.1) is 16.6 Å². The summed E-state index contributed by atoms with van der Waals surface area (Å²) in [5.74, 6) is 0.443. The molecule has 1 unspecified atom stereocenters. The van der Waals surface area contributed by atoms with Gasteiger partial charge in [-0.05, 0) is 23.8 Å². The summed E-state index contributed by atoms with van der Waals surface area (Å²) in [6.07, 6.45) is 3.54. The zero-order chi connectivity index (χ0) is 16.2. The highest BCUT2D eigenvalue weighted by molar-refractivity contribution is 7.84. The molecule has 23 heavy (non-hydrogen) atoms. The molecule has 3 aromatic rings. The molecule has 5 heteroatoms. The van der Waals surface area contributed by atoms with E-state index in [-0.39, 0.29) is 0 Å². The minimum atomic E-state index is -1.22. The molecule has 0 fully saturated rings.